The number of ketones is 1. The first-order chi connectivity index (χ1) is 13.8. The molecule has 1 saturated carbocycles. The molecule has 0 aromatic heterocycles. The number of primary amides is 2. The summed E-state index contributed by atoms with van der Waals surface area (Å²) in [4.78, 5) is 35.7. The first-order valence-corrected chi connectivity index (χ1v) is 10.5. The fourth-order valence-corrected chi connectivity index (χ4v) is 4.41. The lowest BCUT2D eigenvalue weighted by Crippen LogP contribution is -2.13. The summed E-state index contributed by atoms with van der Waals surface area (Å²) >= 11 is 6.69. The summed E-state index contributed by atoms with van der Waals surface area (Å²) in [6, 6.07) is 10.4. The number of halogens is 2. The van der Waals surface area contributed by atoms with Gasteiger partial charge in [-0.25, -0.2) is 0 Å². The summed E-state index contributed by atoms with van der Waals surface area (Å²) in [6.45, 7) is 0. The van der Waals surface area contributed by atoms with E-state index in [0.717, 1.165) is 17.5 Å². The Labute approximate surface area is 185 Å². The van der Waals surface area contributed by atoms with Crippen molar-refractivity contribution in [1.29, 1.82) is 0 Å². The summed E-state index contributed by atoms with van der Waals surface area (Å²) in [6.07, 6.45) is 5.93. The van der Waals surface area contributed by atoms with Crippen molar-refractivity contribution in [2.45, 2.75) is 19.3 Å². The molecule has 0 aliphatic heterocycles. The van der Waals surface area contributed by atoms with Crippen molar-refractivity contribution in [2.24, 2.45) is 11.5 Å². The van der Waals surface area contributed by atoms with Gasteiger partial charge in [0.05, 0.1) is 11.1 Å². The maximum atomic E-state index is 12.9. The number of amides is 2. The van der Waals surface area contributed by atoms with E-state index in [1.807, 2.05) is 12.2 Å². The van der Waals surface area contributed by atoms with Crippen LogP contribution in [0.3, 0.4) is 0 Å². The number of carbonyl (C=O) groups excluding carboxylic acids is 3. The molecule has 0 heterocycles. The van der Waals surface area contributed by atoms with Crippen LogP contribution >= 0.6 is 31.9 Å². The van der Waals surface area contributed by atoms with Crippen LogP contribution < -0.4 is 11.5 Å². The zero-order chi connectivity index (χ0) is 21.1. The number of Topliss-reactive ketones (excluding diaryl/α,β-unsaturated/α-hetero) is 1. The lowest BCUT2D eigenvalue weighted by Gasteiger charge is -2.17. The van der Waals surface area contributed by atoms with E-state index >= 15 is 0 Å². The van der Waals surface area contributed by atoms with Crippen molar-refractivity contribution < 1.29 is 14.4 Å². The van der Waals surface area contributed by atoms with Gasteiger partial charge in [0.25, 0.3) is 0 Å². The normalized spacial score (nSPS) is 17.0. The van der Waals surface area contributed by atoms with E-state index in [1.54, 1.807) is 36.4 Å². The number of hydrogen-bond donors (Lipinski definition) is 2. The SMILES string of the molecule is NC(=O)c1ccc(C=C2CCCC(=Cc3ccc(C(N)=O)c(Br)c3)C2=O)cc1Br. The molecule has 4 N–H and O–H groups in total. The zero-order valence-electron chi connectivity index (χ0n) is 15.4. The molecule has 148 valence electrons. The van der Waals surface area contributed by atoms with Crippen LogP contribution in [0.2, 0.25) is 0 Å². The maximum absolute atomic E-state index is 12.9. The average molecular weight is 518 g/mol. The molecule has 0 atom stereocenters. The molecule has 3 rings (SSSR count). The predicted octanol–water partition coefficient (Wildman–Crippen LogP) is 4.63. The molecule has 2 aromatic rings. The summed E-state index contributed by atoms with van der Waals surface area (Å²) < 4.78 is 1.19. The monoisotopic (exact) mass is 516 g/mol. The minimum Gasteiger partial charge on any atom is -0.366 e. The Hall–Kier alpha value is -2.51. The molecule has 29 heavy (non-hydrogen) atoms. The van der Waals surface area contributed by atoms with Crippen molar-refractivity contribution in [1.82, 2.24) is 0 Å². The minimum absolute atomic E-state index is 0.00134. The number of carbonyl (C=O) groups is 3. The smallest absolute Gasteiger partial charge is 0.249 e. The molecular weight excluding hydrogens is 500 g/mol. The Bertz CT molecular complexity index is 1000. The van der Waals surface area contributed by atoms with Gasteiger partial charge >= 0.3 is 0 Å². The summed E-state index contributed by atoms with van der Waals surface area (Å²) in [5.74, 6) is -1.02. The third-order valence-corrected chi connectivity index (χ3v) is 5.99. The van der Waals surface area contributed by atoms with E-state index in [9.17, 15) is 14.4 Å². The van der Waals surface area contributed by atoms with Crippen LogP contribution in [0.1, 0.15) is 51.1 Å². The van der Waals surface area contributed by atoms with E-state index in [1.165, 1.54) is 0 Å². The van der Waals surface area contributed by atoms with Crippen LogP contribution in [0.4, 0.5) is 0 Å². The Morgan fingerprint density at radius 1 is 0.793 bits per heavy atom. The van der Waals surface area contributed by atoms with E-state index in [2.05, 4.69) is 31.9 Å². The van der Waals surface area contributed by atoms with Crippen molar-refractivity contribution >= 4 is 61.6 Å². The fraction of sp³-hybridized carbons (Fsp3) is 0.136. The fourth-order valence-electron chi connectivity index (χ4n) is 3.22. The highest BCUT2D eigenvalue weighted by molar-refractivity contribution is 9.10. The summed E-state index contributed by atoms with van der Waals surface area (Å²) in [5.41, 5.74) is 14.5. The predicted molar refractivity (Wildman–Crippen MR) is 120 cm³/mol. The number of rotatable bonds is 4. The van der Waals surface area contributed by atoms with Gasteiger partial charge in [-0.05, 0) is 98.7 Å². The molecule has 2 amide bonds. The van der Waals surface area contributed by atoms with E-state index in [-0.39, 0.29) is 5.78 Å². The Morgan fingerprint density at radius 2 is 1.21 bits per heavy atom. The third-order valence-electron chi connectivity index (χ3n) is 4.67. The average Bonchev–Trinajstić information content (AvgIpc) is 2.64. The lowest BCUT2D eigenvalue weighted by atomic mass is 9.86. The van der Waals surface area contributed by atoms with Crippen molar-refractivity contribution in [3.63, 3.8) is 0 Å². The molecule has 7 heteroatoms. The molecule has 0 saturated heterocycles. The van der Waals surface area contributed by atoms with Crippen LogP contribution in [0, 0.1) is 0 Å². The first kappa shape index (κ1) is 21.2. The highest BCUT2D eigenvalue weighted by Crippen LogP contribution is 2.30. The molecule has 0 spiro atoms. The summed E-state index contributed by atoms with van der Waals surface area (Å²) in [5, 5.41) is 0. The second-order valence-electron chi connectivity index (χ2n) is 6.73. The topological polar surface area (TPSA) is 103 Å². The molecule has 1 aliphatic carbocycles. The Kier molecular flexibility index (Phi) is 6.49. The van der Waals surface area contributed by atoms with Crippen molar-refractivity contribution in [3.05, 3.63) is 78.7 Å². The lowest BCUT2D eigenvalue weighted by molar-refractivity contribution is -0.112. The van der Waals surface area contributed by atoms with Crippen molar-refractivity contribution in [3.8, 4) is 0 Å². The van der Waals surface area contributed by atoms with Gasteiger partial charge in [0, 0.05) is 20.1 Å². The van der Waals surface area contributed by atoms with Crippen LogP contribution in [-0.2, 0) is 4.79 Å². The highest BCUT2D eigenvalue weighted by atomic mass is 79.9. The zero-order valence-corrected chi connectivity index (χ0v) is 18.5. The minimum atomic E-state index is -0.511. The molecule has 5 nitrogen and oxygen atoms in total. The molecule has 2 aromatic carbocycles. The standard InChI is InChI=1S/C22H18Br2N2O3/c23-18-10-12(4-6-16(18)21(25)28)8-14-2-1-3-15(20(14)27)9-13-5-7-17(22(26)29)19(24)11-13/h4-11H,1-3H2,(H2,25,28)(H2,26,29). The second kappa shape index (κ2) is 8.88. The maximum Gasteiger partial charge on any atom is 0.249 e. The van der Waals surface area contributed by atoms with Crippen LogP contribution in [0.5, 0.6) is 0 Å². The van der Waals surface area contributed by atoms with Crippen LogP contribution in [0.25, 0.3) is 12.2 Å². The molecular formula is C22H18Br2N2O3. The molecule has 1 fully saturated rings. The Balaban J connectivity index is 1.88. The number of benzene rings is 2. The second-order valence-corrected chi connectivity index (χ2v) is 8.44. The molecule has 0 bridgehead atoms. The van der Waals surface area contributed by atoms with Gasteiger partial charge < -0.3 is 11.5 Å². The van der Waals surface area contributed by atoms with E-state index < -0.39 is 11.8 Å². The third kappa shape index (κ3) is 4.92. The van der Waals surface area contributed by atoms with Gasteiger partial charge in [0.2, 0.25) is 11.8 Å². The summed E-state index contributed by atoms with van der Waals surface area (Å²) in [7, 11) is 0. The van der Waals surface area contributed by atoms with Gasteiger partial charge in [-0.1, -0.05) is 12.1 Å². The van der Waals surface area contributed by atoms with Gasteiger partial charge in [0.1, 0.15) is 0 Å². The molecule has 0 radical (unpaired) electrons. The highest BCUT2D eigenvalue weighted by Gasteiger charge is 2.21. The first-order valence-electron chi connectivity index (χ1n) is 8.91. The molecule has 0 unspecified atom stereocenters. The van der Waals surface area contributed by atoms with E-state index in [0.29, 0.717) is 44.1 Å². The van der Waals surface area contributed by atoms with Crippen LogP contribution in [-0.4, -0.2) is 17.6 Å². The van der Waals surface area contributed by atoms with Gasteiger partial charge in [-0.3, -0.25) is 14.4 Å². The number of allylic oxidation sites excluding steroid dienone is 2. The quantitative estimate of drug-likeness (QED) is 0.577. The van der Waals surface area contributed by atoms with Gasteiger partial charge in [0.15, 0.2) is 5.78 Å². The van der Waals surface area contributed by atoms with Gasteiger partial charge in [-0.15, -0.1) is 0 Å². The van der Waals surface area contributed by atoms with Gasteiger partial charge in [-0.2, -0.15) is 0 Å². The number of hydrogen-bond acceptors (Lipinski definition) is 3. The number of nitrogens with two attached hydrogens (primary N) is 2. The molecule has 1 aliphatic rings. The van der Waals surface area contributed by atoms with Crippen molar-refractivity contribution in [2.75, 3.05) is 0 Å². The van der Waals surface area contributed by atoms with E-state index in [4.69, 9.17) is 11.5 Å². The largest absolute Gasteiger partial charge is 0.366 e. The Morgan fingerprint density at radius 3 is 1.55 bits per heavy atom. The van der Waals surface area contributed by atoms with Crippen LogP contribution in [0.15, 0.2) is 56.5 Å².